The van der Waals surface area contributed by atoms with Gasteiger partial charge in [0.2, 0.25) is 0 Å². The molecule has 0 saturated carbocycles. The molecule has 6 heteroatoms. The lowest BCUT2D eigenvalue weighted by molar-refractivity contribution is -0.136. The Bertz CT molecular complexity index is 634. The van der Waals surface area contributed by atoms with E-state index in [2.05, 4.69) is 15.1 Å². The molecule has 2 aromatic heterocycles. The van der Waals surface area contributed by atoms with Gasteiger partial charge >= 0.3 is 5.97 Å². The summed E-state index contributed by atoms with van der Waals surface area (Å²) in [5.74, 6) is -0.159. The predicted molar refractivity (Wildman–Crippen MR) is 74.0 cm³/mol. The molecule has 0 amide bonds. The van der Waals surface area contributed by atoms with Gasteiger partial charge in [0.1, 0.15) is 6.33 Å². The van der Waals surface area contributed by atoms with Crippen molar-refractivity contribution in [1.29, 1.82) is 0 Å². The highest BCUT2D eigenvalue weighted by molar-refractivity contribution is 5.71. The van der Waals surface area contributed by atoms with Crippen molar-refractivity contribution in [2.24, 2.45) is 0 Å². The Morgan fingerprint density at radius 3 is 2.60 bits per heavy atom. The predicted octanol–water partition coefficient (Wildman–Crippen LogP) is 1.72. The van der Waals surface area contributed by atoms with Crippen LogP contribution in [0.4, 0.5) is 0 Å². The monoisotopic (exact) mass is 274 g/mol. The van der Waals surface area contributed by atoms with E-state index < -0.39 is 5.97 Å². The van der Waals surface area contributed by atoms with Gasteiger partial charge in [-0.05, 0) is 19.8 Å². The molecule has 0 atom stereocenters. The van der Waals surface area contributed by atoms with Crippen LogP contribution in [0.5, 0.6) is 0 Å². The van der Waals surface area contributed by atoms with Gasteiger partial charge in [0.15, 0.2) is 5.82 Å². The molecule has 0 saturated heterocycles. The first-order valence-electron chi connectivity index (χ1n) is 6.67. The average molecular weight is 274 g/mol. The molecule has 0 aliphatic rings. The third kappa shape index (κ3) is 2.68. The number of aryl methyl sites for hydroxylation is 2. The van der Waals surface area contributed by atoms with E-state index in [4.69, 9.17) is 5.11 Å². The van der Waals surface area contributed by atoms with Crippen molar-refractivity contribution in [2.45, 2.75) is 40.0 Å². The third-order valence-electron chi connectivity index (χ3n) is 3.18. The number of carboxylic acids is 1. The molecule has 0 spiro atoms. The third-order valence-corrected chi connectivity index (χ3v) is 3.18. The van der Waals surface area contributed by atoms with E-state index in [-0.39, 0.29) is 6.42 Å². The Balaban J connectivity index is 2.59. The van der Waals surface area contributed by atoms with Gasteiger partial charge in [0.05, 0.1) is 12.1 Å². The molecule has 2 heterocycles. The Morgan fingerprint density at radius 1 is 1.30 bits per heavy atom. The molecule has 2 rings (SSSR count). The Hall–Kier alpha value is -2.24. The zero-order valence-electron chi connectivity index (χ0n) is 11.9. The molecule has 6 nitrogen and oxygen atoms in total. The highest BCUT2D eigenvalue weighted by Crippen LogP contribution is 2.20. The molecule has 0 bridgehead atoms. The van der Waals surface area contributed by atoms with E-state index in [1.807, 2.05) is 26.8 Å². The van der Waals surface area contributed by atoms with Crippen molar-refractivity contribution in [3.8, 4) is 5.82 Å². The fourth-order valence-corrected chi connectivity index (χ4v) is 2.28. The average Bonchev–Trinajstić information content (AvgIpc) is 2.75. The van der Waals surface area contributed by atoms with Gasteiger partial charge in [-0.15, -0.1) is 0 Å². The van der Waals surface area contributed by atoms with E-state index in [0.29, 0.717) is 18.7 Å². The second-order valence-corrected chi connectivity index (χ2v) is 4.58. The summed E-state index contributed by atoms with van der Waals surface area (Å²) in [4.78, 5) is 19.3. The van der Waals surface area contributed by atoms with Gasteiger partial charge in [0, 0.05) is 23.0 Å². The Morgan fingerprint density at radius 2 is 2.05 bits per heavy atom. The number of hydrogen-bond acceptors (Lipinski definition) is 4. The number of carboxylic acid groups (broad SMARTS) is 1. The summed E-state index contributed by atoms with van der Waals surface area (Å²) >= 11 is 0. The first kappa shape index (κ1) is 14.2. The Kier molecular flexibility index (Phi) is 4.12. The lowest BCUT2D eigenvalue weighted by atomic mass is 10.1. The second-order valence-electron chi connectivity index (χ2n) is 4.58. The summed E-state index contributed by atoms with van der Waals surface area (Å²) in [7, 11) is 0. The van der Waals surface area contributed by atoms with Crippen LogP contribution in [0.25, 0.3) is 5.82 Å². The maximum absolute atomic E-state index is 11.0. The number of nitrogens with zero attached hydrogens (tertiary/aromatic N) is 4. The van der Waals surface area contributed by atoms with Gasteiger partial charge in [-0.3, -0.25) is 4.79 Å². The van der Waals surface area contributed by atoms with Gasteiger partial charge in [-0.25, -0.2) is 14.6 Å². The standard InChI is InChI=1S/C14H18N4O2/c1-4-11-10(7-14(19)20)12(5-2)18(17-11)13-6-9(3)15-8-16-13/h6,8H,4-5,7H2,1-3H3,(H,19,20). The normalized spacial score (nSPS) is 10.8. The van der Waals surface area contributed by atoms with Crippen LogP contribution in [0.1, 0.15) is 36.5 Å². The molecule has 0 radical (unpaired) electrons. The number of carbonyl (C=O) groups is 1. The number of aliphatic carboxylic acids is 1. The van der Waals surface area contributed by atoms with Gasteiger partial charge < -0.3 is 5.11 Å². The lowest BCUT2D eigenvalue weighted by Crippen LogP contribution is -2.07. The lowest BCUT2D eigenvalue weighted by Gasteiger charge is -2.06. The molecule has 106 valence electrons. The van der Waals surface area contributed by atoms with Gasteiger partial charge in [-0.2, -0.15) is 5.10 Å². The van der Waals surface area contributed by atoms with Crippen LogP contribution < -0.4 is 0 Å². The number of rotatable bonds is 5. The van der Waals surface area contributed by atoms with E-state index in [9.17, 15) is 4.79 Å². The highest BCUT2D eigenvalue weighted by Gasteiger charge is 2.19. The maximum atomic E-state index is 11.0. The summed E-state index contributed by atoms with van der Waals surface area (Å²) in [6.07, 6.45) is 2.90. The molecule has 2 aromatic rings. The van der Waals surface area contributed by atoms with Crippen LogP contribution in [0.3, 0.4) is 0 Å². The smallest absolute Gasteiger partial charge is 0.307 e. The molecule has 0 aliphatic heterocycles. The van der Waals surface area contributed by atoms with Crippen LogP contribution >= 0.6 is 0 Å². The summed E-state index contributed by atoms with van der Waals surface area (Å²) in [6.45, 7) is 5.86. The maximum Gasteiger partial charge on any atom is 0.307 e. The summed E-state index contributed by atoms with van der Waals surface area (Å²) < 4.78 is 1.74. The minimum absolute atomic E-state index is 0.00356. The van der Waals surface area contributed by atoms with Crippen molar-refractivity contribution >= 4 is 5.97 Å². The van der Waals surface area contributed by atoms with Crippen LogP contribution in [-0.2, 0) is 24.1 Å². The van der Waals surface area contributed by atoms with Crippen molar-refractivity contribution in [2.75, 3.05) is 0 Å². The first-order valence-corrected chi connectivity index (χ1v) is 6.67. The van der Waals surface area contributed by atoms with Crippen molar-refractivity contribution < 1.29 is 9.90 Å². The van der Waals surface area contributed by atoms with E-state index in [0.717, 1.165) is 22.6 Å². The van der Waals surface area contributed by atoms with Crippen LogP contribution in [0.2, 0.25) is 0 Å². The van der Waals surface area contributed by atoms with E-state index in [1.54, 1.807) is 4.68 Å². The molecule has 0 unspecified atom stereocenters. The molecular weight excluding hydrogens is 256 g/mol. The van der Waals surface area contributed by atoms with Crippen molar-refractivity contribution in [3.63, 3.8) is 0 Å². The highest BCUT2D eigenvalue weighted by atomic mass is 16.4. The summed E-state index contributed by atoms with van der Waals surface area (Å²) in [5, 5.41) is 13.6. The zero-order valence-corrected chi connectivity index (χ0v) is 11.9. The summed E-state index contributed by atoms with van der Waals surface area (Å²) in [5.41, 5.74) is 3.38. The molecule has 1 N–H and O–H groups in total. The quantitative estimate of drug-likeness (QED) is 0.898. The number of aromatic nitrogens is 4. The topological polar surface area (TPSA) is 80.9 Å². The first-order chi connectivity index (χ1) is 9.56. The molecule has 0 fully saturated rings. The number of hydrogen-bond donors (Lipinski definition) is 1. The zero-order chi connectivity index (χ0) is 14.7. The van der Waals surface area contributed by atoms with Crippen LogP contribution in [0, 0.1) is 6.92 Å². The minimum atomic E-state index is -0.840. The molecule has 20 heavy (non-hydrogen) atoms. The van der Waals surface area contributed by atoms with Crippen LogP contribution in [-0.4, -0.2) is 30.8 Å². The van der Waals surface area contributed by atoms with E-state index >= 15 is 0 Å². The fraction of sp³-hybridized carbons (Fsp3) is 0.429. The summed E-state index contributed by atoms with van der Waals surface area (Å²) in [6, 6.07) is 1.84. The van der Waals surface area contributed by atoms with Gasteiger partial charge in [0.25, 0.3) is 0 Å². The van der Waals surface area contributed by atoms with Gasteiger partial charge in [-0.1, -0.05) is 13.8 Å². The van der Waals surface area contributed by atoms with E-state index in [1.165, 1.54) is 6.33 Å². The minimum Gasteiger partial charge on any atom is -0.481 e. The molecular formula is C14H18N4O2. The largest absolute Gasteiger partial charge is 0.481 e. The molecule has 0 aliphatic carbocycles. The second kappa shape index (κ2) is 5.81. The SMILES string of the molecule is CCc1nn(-c2cc(C)ncn2)c(CC)c1CC(=O)O. The Labute approximate surface area is 117 Å². The van der Waals surface area contributed by atoms with Crippen molar-refractivity contribution in [3.05, 3.63) is 35.0 Å². The fourth-order valence-electron chi connectivity index (χ4n) is 2.28. The van der Waals surface area contributed by atoms with Crippen molar-refractivity contribution in [1.82, 2.24) is 19.7 Å². The van der Waals surface area contributed by atoms with Crippen LogP contribution in [0.15, 0.2) is 12.4 Å². The molecule has 0 aromatic carbocycles.